The minimum atomic E-state index is -0.561. The van der Waals surface area contributed by atoms with E-state index in [2.05, 4.69) is 77.5 Å². The second-order valence-corrected chi connectivity index (χ2v) is 13.0. The number of fused-ring (bicyclic) bond motifs is 2. The molecule has 0 fully saturated rings. The van der Waals surface area contributed by atoms with Gasteiger partial charge in [-0.3, -0.25) is 9.59 Å². The van der Waals surface area contributed by atoms with Crippen LogP contribution in [0.15, 0.2) is 60.9 Å². The third kappa shape index (κ3) is 8.13. The van der Waals surface area contributed by atoms with Crippen molar-refractivity contribution in [1.82, 2.24) is 30.2 Å². The monoisotopic (exact) mass is 660 g/mol. The predicted octanol–water partition coefficient (Wildman–Crippen LogP) is 4.33. The van der Waals surface area contributed by atoms with Crippen LogP contribution in [0, 0.1) is 0 Å². The molecule has 12 nitrogen and oxygen atoms in total. The summed E-state index contributed by atoms with van der Waals surface area (Å²) in [5.74, 6) is 0. The Balaban J connectivity index is 1.25. The SMILES string of the molecule is COC(=O)NCCCC(=O)Pc1ncc(-c2ccc3cc4cc(-c5cnc(PC(=O)CCNC(=O)OC)[nH]5)ccc4cc3c2)n1C. The Labute approximate surface area is 268 Å². The third-order valence-electron chi connectivity index (χ3n) is 7.32. The number of nitrogens with zero attached hydrogens (tertiary/aromatic N) is 3. The van der Waals surface area contributed by atoms with Crippen LogP contribution in [0.5, 0.6) is 0 Å². The third-order valence-corrected chi connectivity index (χ3v) is 9.55. The molecule has 2 heterocycles. The highest BCUT2D eigenvalue weighted by Gasteiger charge is 2.14. The van der Waals surface area contributed by atoms with Crippen LogP contribution < -0.4 is 21.8 Å². The number of nitrogens with one attached hydrogen (secondary N) is 3. The number of benzene rings is 3. The number of imidazole rings is 2. The summed E-state index contributed by atoms with van der Waals surface area (Å²) in [6, 6.07) is 16.8. The molecule has 5 aromatic rings. The number of hydrogen-bond acceptors (Lipinski definition) is 8. The number of rotatable bonds is 13. The number of hydrogen-bond donors (Lipinski definition) is 3. The van der Waals surface area contributed by atoms with Crippen molar-refractivity contribution in [1.29, 1.82) is 0 Å². The molecule has 46 heavy (non-hydrogen) atoms. The lowest BCUT2D eigenvalue weighted by molar-refractivity contribution is -0.112. The Morgan fingerprint density at radius 2 is 1.39 bits per heavy atom. The number of H-pyrrole nitrogens is 1. The smallest absolute Gasteiger partial charge is 0.406 e. The molecule has 0 aliphatic carbocycles. The number of alkyl carbamates (subject to hydrolysis) is 2. The van der Waals surface area contributed by atoms with Crippen molar-refractivity contribution in [2.24, 2.45) is 7.05 Å². The average Bonchev–Trinajstić information content (AvgIpc) is 3.67. The summed E-state index contributed by atoms with van der Waals surface area (Å²) < 4.78 is 11.0. The Bertz CT molecular complexity index is 1920. The van der Waals surface area contributed by atoms with Crippen molar-refractivity contribution in [3.63, 3.8) is 0 Å². The van der Waals surface area contributed by atoms with Gasteiger partial charge in [0.05, 0.1) is 38.0 Å². The summed E-state index contributed by atoms with van der Waals surface area (Å²) in [5.41, 5.74) is 5.10. The summed E-state index contributed by atoms with van der Waals surface area (Å²) in [6.45, 7) is 0.602. The van der Waals surface area contributed by atoms with E-state index < -0.39 is 12.2 Å². The molecule has 3 N–H and O–H groups in total. The van der Waals surface area contributed by atoms with E-state index in [1.807, 2.05) is 17.7 Å². The van der Waals surface area contributed by atoms with Crippen molar-refractivity contribution in [2.75, 3.05) is 27.3 Å². The maximum absolute atomic E-state index is 12.5. The fourth-order valence-corrected chi connectivity index (χ4v) is 6.70. The molecule has 0 saturated heterocycles. The number of carbonyl (C=O) groups is 4. The first-order valence-electron chi connectivity index (χ1n) is 14.5. The number of methoxy groups -OCH3 is 2. The standard InChI is InChI=1S/C32H34N6O6P2/c1-38-26(18-36-30(38)46-27(39)5-4-11-33-31(41)43-2)22-9-7-20-13-23-15-21(8-6-19(23)14-24(20)16-22)25-17-35-29(37-25)45-28(40)10-12-34-32(42)44-3/h6-9,13-18,45-46H,4-5,10-12H2,1-3H3,(H,33,41)(H,34,42)(H,35,37). The lowest BCUT2D eigenvalue weighted by Gasteiger charge is -2.09. The lowest BCUT2D eigenvalue weighted by Crippen LogP contribution is -2.25. The zero-order chi connectivity index (χ0) is 32.6. The minimum absolute atomic E-state index is 0.0141. The van der Waals surface area contributed by atoms with E-state index in [0.29, 0.717) is 25.0 Å². The van der Waals surface area contributed by atoms with Gasteiger partial charge in [-0.1, -0.05) is 24.3 Å². The molecule has 0 aliphatic rings. The van der Waals surface area contributed by atoms with Crippen LogP contribution in [0.2, 0.25) is 0 Å². The van der Waals surface area contributed by atoms with Gasteiger partial charge in [-0.15, -0.1) is 0 Å². The first-order valence-corrected chi connectivity index (χ1v) is 16.5. The van der Waals surface area contributed by atoms with Gasteiger partial charge in [0.15, 0.2) is 11.0 Å². The van der Waals surface area contributed by atoms with E-state index in [9.17, 15) is 19.2 Å². The van der Waals surface area contributed by atoms with Crippen LogP contribution in [-0.2, 0) is 26.1 Å². The van der Waals surface area contributed by atoms with E-state index in [1.165, 1.54) is 14.2 Å². The molecule has 2 unspecified atom stereocenters. The van der Waals surface area contributed by atoms with Gasteiger partial charge in [-0.05, 0) is 52.2 Å². The molecule has 0 aliphatic heterocycles. The number of aromatic amines is 1. The molecule has 2 aromatic heterocycles. The molecular formula is C32H34N6O6P2. The number of carbonyl (C=O) groups excluding carboxylic acids is 4. The van der Waals surface area contributed by atoms with E-state index in [0.717, 1.165) is 49.6 Å². The highest BCUT2D eigenvalue weighted by molar-refractivity contribution is 7.65. The second-order valence-electron chi connectivity index (χ2n) is 10.4. The minimum Gasteiger partial charge on any atom is -0.453 e. The van der Waals surface area contributed by atoms with E-state index >= 15 is 0 Å². The normalized spacial score (nSPS) is 11.5. The molecule has 0 saturated carbocycles. The first kappa shape index (κ1) is 32.7. The summed E-state index contributed by atoms with van der Waals surface area (Å²) >= 11 is 0. The molecule has 14 heteroatoms. The summed E-state index contributed by atoms with van der Waals surface area (Å²) in [5, 5.41) is 9.42. The highest BCUT2D eigenvalue weighted by Crippen LogP contribution is 2.31. The number of amides is 2. The Kier molecular flexibility index (Phi) is 10.7. The van der Waals surface area contributed by atoms with Gasteiger partial charge in [0.1, 0.15) is 11.1 Å². The van der Waals surface area contributed by atoms with Gasteiger partial charge in [0, 0.05) is 61.3 Å². The van der Waals surface area contributed by atoms with Crippen LogP contribution in [0.1, 0.15) is 19.3 Å². The largest absolute Gasteiger partial charge is 0.453 e. The van der Waals surface area contributed by atoms with E-state index in [1.54, 1.807) is 12.4 Å². The molecule has 5 rings (SSSR count). The molecule has 0 bridgehead atoms. The predicted molar refractivity (Wildman–Crippen MR) is 182 cm³/mol. The zero-order valence-electron chi connectivity index (χ0n) is 25.6. The van der Waals surface area contributed by atoms with Gasteiger partial charge < -0.3 is 29.7 Å². The molecule has 0 spiro atoms. The van der Waals surface area contributed by atoms with Gasteiger partial charge in [0.2, 0.25) is 0 Å². The number of aromatic nitrogens is 4. The van der Waals surface area contributed by atoms with Crippen LogP contribution in [-0.4, -0.2) is 70.1 Å². The first-order chi connectivity index (χ1) is 22.2. The fraction of sp³-hybridized carbons (Fsp3) is 0.250. The van der Waals surface area contributed by atoms with Crippen LogP contribution in [0.25, 0.3) is 44.1 Å². The summed E-state index contributed by atoms with van der Waals surface area (Å²) in [4.78, 5) is 59.3. The van der Waals surface area contributed by atoms with Gasteiger partial charge in [-0.2, -0.15) is 0 Å². The average molecular weight is 661 g/mol. The van der Waals surface area contributed by atoms with Crippen molar-refractivity contribution < 1.29 is 28.7 Å². The Morgan fingerprint density at radius 1 is 0.761 bits per heavy atom. The maximum Gasteiger partial charge on any atom is 0.406 e. The Morgan fingerprint density at radius 3 is 2.09 bits per heavy atom. The second kappa shape index (κ2) is 15.1. The number of ether oxygens (including phenoxy) is 2. The lowest BCUT2D eigenvalue weighted by atomic mass is 9.99. The Hall–Kier alpha value is -4.66. The topological polar surface area (TPSA) is 157 Å². The molecule has 2 atom stereocenters. The van der Waals surface area contributed by atoms with Crippen molar-refractivity contribution in [2.45, 2.75) is 19.3 Å². The van der Waals surface area contributed by atoms with E-state index in [4.69, 9.17) is 0 Å². The van der Waals surface area contributed by atoms with E-state index in [-0.39, 0.29) is 41.2 Å². The quantitative estimate of drug-likeness (QED) is 0.0958. The van der Waals surface area contributed by atoms with Crippen molar-refractivity contribution in [3.05, 3.63) is 60.9 Å². The van der Waals surface area contributed by atoms with Crippen LogP contribution >= 0.6 is 17.2 Å². The maximum atomic E-state index is 12.5. The van der Waals surface area contributed by atoms with Crippen molar-refractivity contribution >= 4 is 73.1 Å². The molecule has 3 aromatic carbocycles. The van der Waals surface area contributed by atoms with Crippen molar-refractivity contribution in [3.8, 4) is 22.5 Å². The van der Waals surface area contributed by atoms with Crippen LogP contribution in [0.4, 0.5) is 9.59 Å². The van der Waals surface area contributed by atoms with Gasteiger partial charge >= 0.3 is 12.2 Å². The zero-order valence-corrected chi connectivity index (χ0v) is 27.6. The molecule has 0 radical (unpaired) electrons. The molecular weight excluding hydrogens is 626 g/mol. The van der Waals surface area contributed by atoms with Gasteiger partial charge in [-0.25, -0.2) is 19.6 Å². The van der Waals surface area contributed by atoms with Gasteiger partial charge in [0.25, 0.3) is 0 Å². The summed E-state index contributed by atoms with van der Waals surface area (Å²) in [7, 11) is 4.30. The summed E-state index contributed by atoms with van der Waals surface area (Å²) in [6.07, 6.45) is 3.57. The molecule has 238 valence electrons. The fourth-order valence-electron chi connectivity index (χ4n) is 4.89. The highest BCUT2D eigenvalue weighted by atomic mass is 31.1. The molecule has 2 amide bonds. The van der Waals surface area contributed by atoms with Crippen LogP contribution in [0.3, 0.4) is 0 Å².